The molecule has 0 radical (unpaired) electrons. The molecule has 68 valence electrons. The summed E-state index contributed by atoms with van der Waals surface area (Å²) in [6.45, 7) is 1.75. The number of benzene rings is 1. The summed E-state index contributed by atoms with van der Waals surface area (Å²) >= 11 is 0. The second kappa shape index (κ2) is 4.43. The monoisotopic (exact) mass is 211 g/mol. The van der Waals surface area contributed by atoms with Gasteiger partial charge in [0.05, 0.1) is 4.90 Å². The number of anilines is 1. The van der Waals surface area contributed by atoms with Gasteiger partial charge in [0.15, 0.2) is 0 Å². The van der Waals surface area contributed by atoms with Crippen LogP contribution in [0.3, 0.4) is 0 Å². The van der Waals surface area contributed by atoms with E-state index in [1.165, 1.54) is 12.1 Å². The zero-order chi connectivity index (χ0) is 9.35. The van der Waals surface area contributed by atoms with Crippen molar-refractivity contribution in [2.24, 2.45) is 0 Å². The molecule has 0 bridgehead atoms. The van der Waals surface area contributed by atoms with E-state index >= 15 is 0 Å². The number of hydrogen-bond acceptors (Lipinski definition) is 3. The van der Waals surface area contributed by atoms with Crippen molar-refractivity contribution in [1.82, 2.24) is 0 Å². The molecule has 0 fully saturated rings. The Morgan fingerprint density at radius 2 is 1.92 bits per heavy atom. The van der Waals surface area contributed by atoms with Crippen LogP contribution >= 0.6 is 0 Å². The molecule has 0 spiro atoms. The first-order chi connectivity index (χ1) is 5.41. The maximum atomic E-state index is 10.6. The molecule has 0 saturated heterocycles. The van der Waals surface area contributed by atoms with E-state index in [1.807, 2.05) is 0 Å². The summed E-state index contributed by atoms with van der Waals surface area (Å²) in [5.74, 6) is 0. The molecule has 0 saturated carbocycles. The Labute approximate surface area is 99.2 Å². The zero-order valence-corrected chi connectivity index (χ0v) is 7.30. The summed E-state index contributed by atoms with van der Waals surface area (Å²) in [6, 6.07) is 4.07. The predicted octanol–water partition coefficient (Wildman–Crippen LogP) is 0.175. The van der Waals surface area contributed by atoms with Crippen LogP contribution in [0, 0.1) is 6.92 Å². The molecule has 1 aromatic carbocycles. The zero-order valence-electron chi connectivity index (χ0n) is 6.48. The number of nitrogen functional groups attached to an aromatic ring is 1. The van der Waals surface area contributed by atoms with Gasteiger partial charge in [-0.25, -0.2) is 0 Å². The molecule has 0 atom stereocenters. The van der Waals surface area contributed by atoms with Crippen molar-refractivity contribution < 1.29 is 13.0 Å². The topological polar surface area (TPSA) is 80.4 Å². The van der Waals surface area contributed by atoms with Crippen molar-refractivity contribution in [2.75, 3.05) is 5.73 Å². The molecule has 1 aromatic rings. The van der Waals surface area contributed by atoms with Crippen LogP contribution < -0.4 is 5.73 Å². The van der Waals surface area contributed by atoms with Crippen molar-refractivity contribution in [3.8, 4) is 0 Å². The van der Waals surface area contributed by atoms with Crippen LogP contribution in [-0.4, -0.2) is 42.5 Å². The number of hydrogen-bond donors (Lipinski definition) is 2. The van der Waals surface area contributed by atoms with Gasteiger partial charge in [-0.3, -0.25) is 4.55 Å². The number of nitrogens with two attached hydrogens (primary N) is 1. The van der Waals surface area contributed by atoms with Crippen molar-refractivity contribution >= 4 is 45.4 Å². The molecular formula is C7H10NNaO3S. The van der Waals surface area contributed by atoms with E-state index in [4.69, 9.17) is 10.3 Å². The number of rotatable bonds is 1. The quantitative estimate of drug-likeness (QED) is 0.394. The molecule has 0 aliphatic carbocycles. The third-order valence-electron chi connectivity index (χ3n) is 1.55. The van der Waals surface area contributed by atoms with Gasteiger partial charge in [0.25, 0.3) is 10.1 Å². The SMILES string of the molecule is Cc1ccc(S(=O)(=O)O)cc1N.[NaH]. The minimum atomic E-state index is -4.12. The van der Waals surface area contributed by atoms with E-state index in [0.29, 0.717) is 5.69 Å². The molecule has 6 heteroatoms. The summed E-state index contributed by atoms with van der Waals surface area (Å²) in [5.41, 5.74) is 6.57. The fraction of sp³-hybridized carbons (Fsp3) is 0.143. The molecule has 0 unspecified atom stereocenters. The van der Waals surface area contributed by atoms with E-state index in [2.05, 4.69) is 0 Å². The molecule has 3 N–H and O–H groups in total. The summed E-state index contributed by atoms with van der Waals surface area (Å²) in [4.78, 5) is -0.175. The minimum absolute atomic E-state index is 0. The van der Waals surface area contributed by atoms with Crippen LogP contribution in [0.2, 0.25) is 0 Å². The van der Waals surface area contributed by atoms with Gasteiger partial charge < -0.3 is 5.73 Å². The standard InChI is InChI=1S/C7H9NO3S.Na.H/c1-5-2-3-6(4-7(5)8)12(9,10)11;;/h2-4H,8H2,1H3,(H,9,10,11);;. The van der Waals surface area contributed by atoms with Gasteiger partial charge in [-0.2, -0.15) is 8.42 Å². The van der Waals surface area contributed by atoms with Crippen molar-refractivity contribution in [2.45, 2.75) is 11.8 Å². The van der Waals surface area contributed by atoms with Gasteiger partial charge in [0.2, 0.25) is 0 Å². The number of aryl methyl sites for hydroxylation is 1. The maximum absolute atomic E-state index is 10.6. The van der Waals surface area contributed by atoms with Gasteiger partial charge in [0, 0.05) is 5.69 Å². The Bertz CT molecular complexity index is 402. The van der Waals surface area contributed by atoms with Crippen LogP contribution in [0.5, 0.6) is 0 Å². The van der Waals surface area contributed by atoms with Crippen molar-refractivity contribution in [3.05, 3.63) is 23.8 Å². The van der Waals surface area contributed by atoms with E-state index in [-0.39, 0.29) is 34.5 Å². The molecule has 4 nitrogen and oxygen atoms in total. The van der Waals surface area contributed by atoms with Crippen LogP contribution in [0.15, 0.2) is 23.1 Å². The van der Waals surface area contributed by atoms with Crippen LogP contribution in [0.1, 0.15) is 5.56 Å². The normalized spacial score (nSPS) is 10.6. The van der Waals surface area contributed by atoms with Crippen molar-refractivity contribution in [1.29, 1.82) is 0 Å². The average molecular weight is 211 g/mol. The molecular weight excluding hydrogens is 201 g/mol. The van der Waals surface area contributed by atoms with Gasteiger partial charge in [0.1, 0.15) is 0 Å². The summed E-state index contributed by atoms with van der Waals surface area (Å²) in [6.07, 6.45) is 0. The van der Waals surface area contributed by atoms with E-state index in [1.54, 1.807) is 13.0 Å². The first kappa shape index (κ1) is 12.9. The molecule has 1 rings (SSSR count). The molecule has 0 aliphatic heterocycles. The van der Waals surface area contributed by atoms with Gasteiger partial charge in [-0.1, -0.05) is 6.07 Å². The first-order valence-corrected chi connectivity index (χ1v) is 4.69. The average Bonchev–Trinajstić information content (AvgIpc) is 1.92. The third-order valence-corrected chi connectivity index (χ3v) is 2.40. The van der Waals surface area contributed by atoms with Crippen molar-refractivity contribution in [3.63, 3.8) is 0 Å². The molecule has 0 heterocycles. The third kappa shape index (κ3) is 3.28. The van der Waals surface area contributed by atoms with E-state index in [0.717, 1.165) is 5.56 Å². The Morgan fingerprint density at radius 1 is 1.38 bits per heavy atom. The summed E-state index contributed by atoms with van der Waals surface area (Å²) in [7, 11) is -4.12. The Morgan fingerprint density at radius 3 is 2.31 bits per heavy atom. The first-order valence-electron chi connectivity index (χ1n) is 3.25. The second-order valence-corrected chi connectivity index (χ2v) is 3.91. The van der Waals surface area contributed by atoms with E-state index < -0.39 is 10.1 Å². The van der Waals surface area contributed by atoms with Crippen LogP contribution in [0.4, 0.5) is 5.69 Å². The fourth-order valence-corrected chi connectivity index (χ4v) is 1.29. The summed E-state index contributed by atoms with van der Waals surface area (Å²) in [5, 5.41) is 0. The van der Waals surface area contributed by atoms with Gasteiger partial charge in [-0.05, 0) is 24.6 Å². The Balaban J connectivity index is 0.00000144. The Hall–Kier alpha value is -0.0700. The Kier molecular flexibility index (Phi) is 4.41. The van der Waals surface area contributed by atoms with E-state index in [9.17, 15) is 8.42 Å². The second-order valence-electron chi connectivity index (χ2n) is 2.49. The van der Waals surface area contributed by atoms with Crippen LogP contribution in [-0.2, 0) is 10.1 Å². The molecule has 13 heavy (non-hydrogen) atoms. The van der Waals surface area contributed by atoms with Gasteiger partial charge in [-0.15, -0.1) is 0 Å². The molecule has 0 amide bonds. The molecule has 0 aromatic heterocycles. The van der Waals surface area contributed by atoms with Gasteiger partial charge >= 0.3 is 29.6 Å². The predicted molar refractivity (Wildman–Crippen MR) is 52.6 cm³/mol. The molecule has 0 aliphatic rings. The summed E-state index contributed by atoms with van der Waals surface area (Å²) < 4.78 is 29.8. The fourth-order valence-electron chi connectivity index (χ4n) is 0.779. The van der Waals surface area contributed by atoms with Crippen LogP contribution in [0.25, 0.3) is 0 Å².